The molecule has 0 bridgehead atoms. The molecule has 1 aliphatic heterocycles. The third-order valence-corrected chi connectivity index (χ3v) is 4.58. The Morgan fingerprint density at radius 3 is 2.70 bits per heavy atom. The Morgan fingerprint density at radius 2 is 2.05 bits per heavy atom. The molecule has 1 N–H and O–H groups in total. The topological polar surface area (TPSA) is 15.3 Å². The minimum atomic E-state index is 0.655. The maximum absolute atomic E-state index is 3.74. The number of aryl methyl sites for hydroxylation is 1. The standard InChI is InChI=1S/C18H30N2/c1-5-8-17-13-20(18(11-19-17)14(2)3)12-16-10-7-6-9-15(16)4/h6-7,9-10,14,17-19H,5,8,11-13H2,1-4H3. The van der Waals surface area contributed by atoms with Crippen molar-refractivity contribution in [3.8, 4) is 0 Å². The molecule has 0 radical (unpaired) electrons. The van der Waals surface area contributed by atoms with E-state index >= 15 is 0 Å². The first kappa shape index (κ1) is 15.5. The van der Waals surface area contributed by atoms with Gasteiger partial charge in [-0.25, -0.2) is 0 Å². The molecule has 1 fully saturated rings. The lowest BCUT2D eigenvalue weighted by Crippen LogP contribution is -2.57. The molecule has 2 rings (SSSR count). The molecule has 0 aromatic heterocycles. The molecule has 0 amide bonds. The summed E-state index contributed by atoms with van der Waals surface area (Å²) in [5, 5.41) is 3.74. The van der Waals surface area contributed by atoms with Crippen molar-refractivity contribution in [1.29, 1.82) is 0 Å². The fraction of sp³-hybridized carbons (Fsp3) is 0.667. The van der Waals surface area contributed by atoms with Gasteiger partial charge in [0.15, 0.2) is 0 Å². The van der Waals surface area contributed by atoms with E-state index in [-0.39, 0.29) is 0 Å². The summed E-state index contributed by atoms with van der Waals surface area (Å²) in [6, 6.07) is 10.1. The number of piperazine rings is 1. The summed E-state index contributed by atoms with van der Waals surface area (Å²) in [7, 11) is 0. The quantitative estimate of drug-likeness (QED) is 0.882. The smallest absolute Gasteiger partial charge is 0.0247 e. The summed E-state index contributed by atoms with van der Waals surface area (Å²) in [5.41, 5.74) is 2.90. The van der Waals surface area contributed by atoms with Crippen LogP contribution in [0.2, 0.25) is 0 Å². The predicted octanol–water partition coefficient (Wildman–Crippen LogP) is 3.59. The van der Waals surface area contributed by atoms with Gasteiger partial charge in [-0.1, -0.05) is 51.5 Å². The fourth-order valence-electron chi connectivity index (χ4n) is 3.29. The monoisotopic (exact) mass is 274 g/mol. The van der Waals surface area contributed by atoms with Crippen LogP contribution in [0.3, 0.4) is 0 Å². The molecule has 0 aliphatic carbocycles. The van der Waals surface area contributed by atoms with Crippen LogP contribution in [0.4, 0.5) is 0 Å². The van der Waals surface area contributed by atoms with Crippen LogP contribution in [0.25, 0.3) is 0 Å². The number of rotatable bonds is 5. The van der Waals surface area contributed by atoms with Crippen molar-refractivity contribution in [2.24, 2.45) is 5.92 Å². The maximum atomic E-state index is 3.74. The Kier molecular flexibility index (Phi) is 5.62. The van der Waals surface area contributed by atoms with Crippen molar-refractivity contribution in [2.45, 2.75) is 59.2 Å². The van der Waals surface area contributed by atoms with Gasteiger partial charge in [-0.2, -0.15) is 0 Å². The Labute approximate surface area is 124 Å². The minimum Gasteiger partial charge on any atom is -0.311 e. The van der Waals surface area contributed by atoms with Gasteiger partial charge < -0.3 is 5.32 Å². The van der Waals surface area contributed by atoms with Gasteiger partial charge in [-0.3, -0.25) is 4.90 Å². The van der Waals surface area contributed by atoms with Crippen LogP contribution in [0.1, 0.15) is 44.7 Å². The first-order valence-corrected chi connectivity index (χ1v) is 8.13. The summed E-state index contributed by atoms with van der Waals surface area (Å²) in [4.78, 5) is 2.70. The lowest BCUT2D eigenvalue weighted by Gasteiger charge is -2.42. The molecule has 20 heavy (non-hydrogen) atoms. The molecule has 1 saturated heterocycles. The molecular weight excluding hydrogens is 244 g/mol. The van der Waals surface area contributed by atoms with Gasteiger partial charge in [-0.05, 0) is 30.4 Å². The first-order valence-electron chi connectivity index (χ1n) is 8.13. The number of nitrogens with zero attached hydrogens (tertiary/aromatic N) is 1. The summed E-state index contributed by atoms with van der Waals surface area (Å²) < 4.78 is 0. The van der Waals surface area contributed by atoms with Gasteiger partial charge in [0, 0.05) is 31.7 Å². The van der Waals surface area contributed by atoms with Gasteiger partial charge in [0.05, 0.1) is 0 Å². The van der Waals surface area contributed by atoms with Crippen molar-refractivity contribution in [1.82, 2.24) is 10.2 Å². The molecule has 1 aromatic carbocycles. The van der Waals surface area contributed by atoms with Crippen LogP contribution < -0.4 is 5.32 Å². The molecule has 2 heteroatoms. The maximum Gasteiger partial charge on any atom is 0.0247 e. The summed E-state index contributed by atoms with van der Waals surface area (Å²) in [6.45, 7) is 12.6. The molecule has 2 nitrogen and oxygen atoms in total. The van der Waals surface area contributed by atoms with E-state index in [9.17, 15) is 0 Å². The molecule has 0 spiro atoms. The van der Waals surface area contributed by atoms with Gasteiger partial charge in [-0.15, -0.1) is 0 Å². The molecular formula is C18H30N2. The second-order valence-corrected chi connectivity index (χ2v) is 6.56. The van der Waals surface area contributed by atoms with Crippen molar-refractivity contribution in [3.63, 3.8) is 0 Å². The number of hydrogen-bond acceptors (Lipinski definition) is 2. The highest BCUT2D eigenvalue weighted by Crippen LogP contribution is 2.21. The number of nitrogens with one attached hydrogen (secondary N) is 1. The number of hydrogen-bond donors (Lipinski definition) is 1. The van der Waals surface area contributed by atoms with E-state index in [0.717, 1.165) is 13.1 Å². The average molecular weight is 274 g/mol. The zero-order valence-corrected chi connectivity index (χ0v) is 13.5. The van der Waals surface area contributed by atoms with Crippen LogP contribution in [-0.4, -0.2) is 30.1 Å². The third kappa shape index (κ3) is 3.83. The van der Waals surface area contributed by atoms with Crippen molar-refractivity contribution < 1.29 is 0 Å². The zero-order chi connectivity index (χ0) is 14.5. The highest BCUT2D eigenvalue weighted by molar-refractivity contribution is 5.25. The third-order valence-electron chi connectivity index (χ3n) is 4.58. The second kappa shape index (κ2) is 7.24. The zero-order valence-electron chi connectivity index (χ0n) is 13.5. The van der Waals surface area contributed by atoms with E-state index in [4.69, 9.17) is 0 Å². The van der Waals surface area contributed by atoms with E-state index in [1.807, 2.05) is 0 Å². The molecule has 112 valence electrons. The van der Waals surface area contributed by atoms with Crippen LogP contribution in [0.5, 0.6) is 0 Å². The normalized spacial score (nSPS) is 24.2. The van der Waals surface area contributed by atoms with E-state index < -0.39 is 0 Å². The van der Waals surface area contributed by atoms with Gasteiger partial charge in [0.25, 0.3) is 0 Å². The van der Waals surface area contributed by atoms with Crippen LogP contribution >= 0.6 is 0 Å². The highest BCUT2D eigenvalue weighted by atomic mass is 15.2. The van der Waals surface area contributed by atoms with Crippen LogP contribution in [0, 0.1) is 12.8 Å². The van der Waals surface area contributed by atoms with Crippen LogP contribution in [-0.2, 0) is 6.54 Å². The lowest BCUT2D eigenvalue weighted by molar-refractivity contribution is 0.0883. The average Bonchev–Trinajstić information content (AvgIpc) is 2.42. The van der Waals surface area contributed by atoms with Crippen LogP contribution in [0.15, 0.2) is 24.3 Å². The molecule has 2 unspecified atom stereocenters. The fourth-order valence-corrected chi connectivity index (χ4v) is 3.29. The van der Waals surface area contributed by atoms with E-state index in [2.05, 4.69) is 62.2 Å². The van der Waals surface area contributed by atoms with Crippen molar-refractivity contribution >= 4 is 0 Å². The van der Waals surface area contributed by atoms with Gasteiger partial charge >= 0.3 is 0 Å². The molecule has 1 aromatic rings. The van der Waals surface area contributed by atoms with Crippen molar-refractivity contribution in [3.05, 3.63) is 35.4 Å². The van der Waals surface area contributed by atoms with Gasteiger partial charge in [0.1, 0.15) is 0 Å². The second-order valence-electron chi connectivity index (χ2n) is 6.56. The highest BCUT2D eigenvalue weighted by Gasteiger charge is 2.29. The SMILES string of the molecule is CCCC1CN(Cc2ccccc2C)C(C(C)C)CN1. The Bertz CT molecular complexity index is 414. The summed E-state index contributed by atoms with van der Waals surface area (Å²) in [5.74, 6) is 0.703. The summed E-state index contributed by atoms with van der Waals surface area (Å²) in [6.07, 6.45) is 2.55. The largest absolute Gasteiger partial charge is 0.311 e. The van der Waals surface area contributed by atoms with Crippen molar-refractivity contribution in [2.75, 3.05) is 13.1 Å². The number of benzene rings is 1. The lowest BCUT2D eigenvalue weighted by atomic mass is 9.96. The Balaban J connectivity index is 2.09. The molecule has 0 saturated carbocycles. The Hall–Kier alpha value is -0.860. The predicted molar refractivity (Wildman–Crippen MR) is 86.9 cm³/mol. The van der Waals surface area contributed by atoms with Gasteiger partial charge in [0.2, 0.25) is 0 Å². The van der Waals surface area contributed by atoms with E-state index in [0.29, 0.717) is 18.0 Å². The minimum absolute atomic E-state index is 0.655. The molecule has 1 heterocycles. The van der Waals surface area contributed by atoms with E-state index in [1.165, 1.54) is 30.5 Å². The van der Waals surface area contributed by atoms with E-state index in [1.54, 1.807) is 0 Å². The first-order chi connectivity index (χ1) is 9.61. The summed E-state index contributed by atoms with van der Waals surface area (Å²) >= 11 is 0. The molecule has 1 aliphatic rings. The Morgan fingerprint density at radius 1 is 1.30 bits per heavy atom. The molecule has 2 atom stereocenters.